The molecule has 0 spiro atoms. The van der Waals surface area contributed by atoms with Crippen LogP contribution in [-0.4, -0.2) is 33.0 Å². The zero-order valence-corrected chi connectivity index (χ0v) is 7.92. The lowest BCUT2D eigenvalue weighted by atomic mass is 10.7. The molecule has 1 atom stereocenters. The molecule has 0 fully saturated rings. The van der Waals surface area contributed by atoms with Gasteiger partial charge in [0.2, 0.25) is 0 Å². The van der Waals surface area contributed by atoms with Gasteiger partial charge in [0, 0.05) is 6.61 Å². The molecule has 0 aromatic heterocycles. The lowest BCUT2D eigenvalue weighted by Gasteiger charge is -2.01. The smallest absolute Gasteiger partial charge is 0.488 e. The molecule has 0 aliphatic rings. The Balaban J connectivity index is 2.86. The number of ether oxygens (including phenoxy) is 2. The van der Waals surface area contributed by atoms with Crippen LogP contribution in [0.2, 0.25) is 0 Å². The summed E-state index contributed by atoms with van der Waals surface area (Å²) in [5.41, 5.74) is 0. The minimum atomic E-state index is -2.74. The first kappa shape index (κ1) is 11.9. The second kappa shape index (κ2) is 9.03. The minimum absolute atomic E-state index is 0.0742. The van der Waals surface area contributed by atoms with E-state index in [1.54, 1.807) is 0 Å². The van der Waals surface area contributed by atoms with Crippen molar-refractivity contribution < 1.29 is 23.5 Å². The fourth-order valence-electron chi connectivity index (χ4n) is 0.535. The predicted octanol–water partition coefficient (Wildman–Crippen LogP) is 0.0738. The average molecular weight is 196 g/mol. The average Bonchev–Trinajstić information content (AvgIpc) is 2.02. The van der Waals surface area contributed by atoms with E-state index in [2.05, 4.69) is 4.52 Å². The molecule has 0 rings (SSSR count). The molecule has 0 aliphatic carbocycles. The molecule has 1 unspecified atom stereocenters. The normalized spacial score (nSPS) is 11.7. The molecule has 0 saturated heterocycles. The number of hydrogen-bond donors (Lipinski definition) is 0. The molecule has 0 saturated carbocycles. The van der Waals surface area contributed by atoms with Gasteiger partial charge in [-0.1, -0.05) is 0 Å². The van der Waals surface area contributed by atoms with Crippen molar-refractivity contribution in [1.29, 1.82) is 0 Å². The van der Waals surface area contributed by atoms with E-state index in [0.29, 0.717) is 19.8 Å². The molecular weight excluding hydrogens is 183 g/mol. The summed E-state index contributed by atoms with van der Waals surface area (Å²) < 4.78 is 24.0. The third-order valence-electron chi connectivity index (χ3n) is 1.00. The number of rotatable bonds is 8. The van der Waals surface area contributed by atoms with Gasteiger partial charge < -0.3 is 14.4 Å². The zero-order valence-electron chi connectivity index (χ0n) is 7.02. The van der Waals surface area contributed by atoms with Crippen LogP contribution in [0, 0.1) is 0 Å². The summed E-state index contributed by atoms with van der Waals surface area (Å²) in [4.78, 5) is 9.87. The molecule has 72 valence electrons. The van der Waals surface area contributed by atoms with Gasteiger partial charge in [-0.25, -0.2) is 0 Å². The van der Waals surface area contributed by atoms with Crippen LogP contribution in [0.5, 0.6) is 0 Å². The molecule has 0 radical (unpaired) electrons. The third-order valence-corrected chi connectivity index (χ3v) is 1.39. The van der Waals surface area contributed by atoms with Crippen molar-refractivity contribution in [2.45, 2.75) is 6.92 Å². The van der Waals surface area contributed by atoms with Crippen molar-refractivity contribution in [3.05, 3.63) is 0 Å². The summed E-state index contributed by atoms with van der Waals surface area (Å²) in [6.07, 6.45) is 0. The SMILES string of the molecule is CCOCCOCCO[P+](=O)[O-]. The van der Waals surface area contributed by atoms with E-state index in [0.717, 1.165) is 0 Å². The van der Waals surface area contributed by atoms with Crippen LogP contribution >= 0.6 is 8.25 Å². The Morgan fingerprint density at radius 2 is 1.75 bits per heavy atom. The van der Waals surface area contributed by atoms with E-state index < -0.39 is 8.25 Å². The highest BCUT2D eigenvalue weighted by Gasteiger charge is 1.99. The van der Waals surface area contributed by atoms with Crippen LogP contribution in [0.3, 0.4) is 0 Å². The van der Waals surface area contributed by atoms with E-state index >= 15 is 0 Å². The molecule has 0 N–H and O–H groups in total. The molecule has 12 heavy (non-hydrogen) atoms. The van der Waals surface area contributed by atoms with E-state index in [-0.39, 0.29) is 13.2 Å². The quantitative estimate of drug-likeness (QED) is 0.406. The minimum Gasteiger partial charge on any atom is -0.566 e. The first-order valence-corrected chi connectivity index (χ1v) is 4.79. The molecule has 0 aromatic carbocycles. The second-order valence-electron chi connectivity index (χ2n) is 1.87. The molecule has 0 aliphatic heterocycles. The Kier molecular flexibility index (Phi) is 8.99. The summed E-state index contributed by atoms with van der Waals surface area (Å²) in [6, 6.07) is 0. The summed E-state index contributed by atoms with van der Waals surface area (Å²) in [5, 5.41) is 0. The molecule has 5 nitrogen and oxygen atoms in total. The van der Waals surface area contributed by atoms with Crippen molar-refractivity contribution in [1.82, 2.24) is 0 Å². The van der Waals surface area contributed by atoms with E-state index in [4.69, 9.17) is 9.47 Å². The highest BCUT2D eigenvalue weighted by molar-refractivity contribution is 7.30. The van der Waals surface area contributed by atoms with Crippen molar-refractivity contribution in [3.63, 3.8) is 0 Å². The first-order chi connectivity index (χ1) is 5.77. The lowest BCUT2D eigenvalue weighted by Crippen LogP contribution is -2.08. The molecule has 0 bridgehead atoms. The van der Waals surface area contributed by atoms with Gasteiger partial charge >= 0.3 is 8.25 Å². The lowest BCUT2D eigenvalue weighted by molar-refractivity contribution is -0.186. The van der Waals surface area contributed by atoms with Gasteiger partial charge in [-0.3, -0.25) is 0 Å². The van der Waals surface area contributed by atoms with Crippen molar-refractivity contribution in [2.75, 3.05) is 33.0 Å². The van der Waals surface area contributed by atoms with Gasteiger partial charge in [0.05, 0.1) is 19.8 Å². The zero-order chi connectivity index (χ0) is 9.23. The van der Waals surface area contributed by atoms with E-state index in [1.807, 2.05) is 6.92 Å². The van der Waals surface area contributed by atoms with Crippen LogP contribution in [-0.2, 0) is 18.6 Å². The van der Waals surface area contributed by atoms with Crippen LogP contribution in [0.1, 0.15) is 6.92 Å². The topological polar surface area (TPSA) is 67.8 Å². The van der Waals surface area contributed by atoms with Gasteiger partial charge in [0.25, 0.3) is 0 Å². The fraction of sp³-hybridized carbons (Fsp3) is 1.00. The maximum atomic E-state index is 9.87. The Morgan fingerprint density at radius 3 is 2.33 bits per heavy atom. The summed E-state index contributed by atoms with van der Waals surface area (Å²) in [5.74, 6) is 0. The summed E-state index contributed by atoms with van der Waals surface area (Å²) >= 11 is 0. The van der Waals surface area contributed by atoms with E-state index in [9.17, 15) is 9.46 Å². The highest BCUT2D eigenvalue weighted by atomic mass is 31.1. The molecule has 0 aromatic rings. The van der Waals surface area contributed by atoms with Crippen LogP contribution in [0.25, 0.3) is 0 Å². The monoisotopic (exact) mass is 196 g/mol. The van der Waals surface area contributed by atoms with Gasteiger partial charge in [-0.15, -0.1) is 4.52 Å². The van der Waals surface area contributed by atoms with Crippen LogP contribution < -0.4 is 4.89 Å². The van der Waals surface area contributed by atoms with Crippen molar-refractivity contribution in [3.8, 4) is 0 Å². The maximum Gasteiger partial charge on any atom is 0.488 e. The van der Waals surface area contributed by atoms with Gasteiger partial charge in [-0.2, -0.15) is 0 Å². The van der Waals surface area contributed by atoms with E-state index in [1.165, 1.54) is 0 Å². The highest BCUT2D eigenvalue weighted by Crippen LogP contribution is 2.06. The van der Waals surface area contributed by atoms with Gasteiger partial charge in [-0.05, 0) is 11.5 Å². The summed E-state index contributed by atoms with van der Waals surface area (Å²) in [6.45, 7) is 3.89. The standard InChI is InChI=1S/C6H13O5P/c1-2-9-3-4-10-5-6-11-12(7)8/h2-6H2,1H3. The first-order valence-electron chi connectivity index (χ1n) is 3.70. The van der Waals surface area contributed by atoms with Gasteiger partial charge in [0.15, 0.2) is 0 Å². The Hall–Kier alpha value is -0.0600. The molecule has 6 heteroatoms. The fourth-order valence-corrected chi connectivity index (χ4v) is 0.759. The Morgan fingerprint density at radius 1 is 1.17 bits per heavy atom. The number of hydrogen-bond acceptors (Lipinski definition) is 5. The largest absolute Gasteiger partial charge is 0.566 e. The molecule has 0 heterocycles. The molecule has 0 amide bonds. The second-order valence-corrected chi connectivity index (χ2v) is 2.57. The van der Waals surface area contributed by atoms with Crippen molar-refractivity contribution in [2.24, 2.45) is 0 Å². The summed E-state index contributed by atoms with van der Waals surface area (Å²) in [7, 11) is -2.74. The predicted molar refractivity (Wildman–Crippen MR) is 40.9 cm³/mol. The van der Waals surface area contributed by atoms with Crippen LogP contribution in [0.4, 0.5) is 0 Å². The maximum absolute atomic E-state index is 9.87. The molecular formula is C6H13O5P. The Bertz CT molecular complexity index is 119. The van der Waals surface area contributed by atoms with Crippen molar-refractivity contribution >= 4 is 8.25 Å². The van der Waals surface area contributed by atoms with Gasteiger partial charge in [0.1, 0.15) is 6.61 Å². The third kappa shape index (κ3) is 9.94. The van der Waals surface area contributed by atoms with Crippen LogP contribution in [0.15, 0.2) is 0 Å². The Labute approximate surface area is 72.6 Å².